The van der Waals surface area contributed by atoms with Crippen molar-refractivity contribution < 1.29 is 53.8 Å². The van der Waals surface area contributed by atoms with Crippen LogP contribution in [-0.2, 0) is 33.3 Å². The Bertz CT molecular complexity index is 1130. The zero-order chi connectivity index (χ0) is 45.3. The molecule has 1 heterocycles. The van der Waals surface area contributed by atoms with Gasteiger partial charge in [-0.05, 0) is 38.5 Å². The number of aliphatic carboxylic acids is 1. The first-order valence-electron chi connectivity index (χ1n) is 25.4. The normalized spacial score (nSPS) is 19.7. The lowest BCUT2D eigenvalue weighted by Gasteiger charge is -2.38. The van der Waals surface area contributed by atoms with Crippen molar-refractivity contribution in [3.63, 3.8) is 0 Å². The number of hydrogen-bond donors (Lipinski definition) is 4. The van der Waals surface area contributed by atoms with Crippen LogP contribution >= 0.6 is 0 Å². The van der Waals surface area contributed by atoms with Gasteiger partial charge >= 0.3 is 17.9 Å². The summed E-state index contributed by atoms with van der Waals surface area (Å²) < 4.78 is 21.8. The lowest BCUT2D eigenvalue weighted by Crippen LogP contribution is -2.60. The first-order valence-corrected chi connectivity index (χ1v) is 25.4. The van der Waals surface area contributed by atoms with E-state index >= 15 is 0 Å². The summed E-state index contributed by atoms with van der Waals surface area (Å²) in [5.74, 6) is -2.45. The van der Waals surface area contributed by atoms with Crippen molar-refractivity contribution in [1.29, 1.82) is 0 Å². The molecule has 62 heavy (non-hydrogen) atoms. The van der Waals surface area contributed by atoms with Crippen LogP contribution in [0.2, 0.25) is 0 Å². The summed E-state index contributed by atoms with van der Waals surface area (Å²) in [6.07, 6.45) is 38.0. The van der Waals surface area contributed by atoms with Crippen LogP contribution in [0.4, 0.5) is 0 Å². The third kappa shape index (κ3) is 32.4. The zero-order valence-electron chi connectivity index (χ0n) is 39.4. The van der Waals surface area contributed by atoms with Crippen molar-refractivity contribution in [3.05, 3.63) is 24.3 Å². The molecule has 11 nitrogen and oxygen atoms in total. The molecule has 6 atom stereocenters. The Labute approximate surface area is 377 Å². The van der Waals surface area contributed by atoms with Crippen LogP contribution in [0.25, 0.3) is 0 Å². The summed E-state index contributed by atoms with van der Waals surface area (Å²) >= 11 is 0. The lowest BCUT2D eigenvalue weighted by molar-refractivity contribution is -0.298. The monoisotopic (exact) mass is 881 g/mol. The molecule has 362 valence electrons. The number of ether oxygens (including phenoxy) is 4. The quantitative estimate of drug-likeness (QED) is 0.0261. The standard InChI is InChI=1S/C51H92O11/c1-3-5-7-9-11-13-15-17-19-20-21-22-23-24-25-26-28-30-32-34-36-38-40-45(53)61-43(42-60-51-48(56)46(54)47(55)49(62-51)50(57)58)41-59-44(52)39-37-35-33-31-29-27-18-16-14-12-10-8-6-4-2/h10,12,16,18,43,46-49,51,54-56H,3-9,11,13-15,17,19-42H2,1-2H3,(H,57,58)/b12-10-,18-16-. The van der Waals surface area contributed by atoms with E-state index in [1.54, 1.807) is 0 Å². The van der Waals surface area contributed by atoms with Crippen LogP contribution in [0.15, 0.2) is 24.3 Å². The highest BCUT2D eigenvalue weighted by Gasteiger charge is 2.47. The van der Waals surface area contributed by atoms with Gasteiger partial charge in [0.15, 0.2) is 18.5 Å². The number of carboxylic acids is 1. The first-order chi connectivity index (χ1) is 30.2. The molecule has 6 unspecified atom stereocenters. The van der Waals surface area contributed by atoms with Crippen molar-refractivity contribution in [3.8, 4) is 0 Å². The third-order valence-electron chi connectivity index (χ3n) is 11.8. The summed E-state index contributed by atoms with van der Waals surface area (Å²) in [6.45, 7) is 3.79. The van der Waals surface area contributed by atoms with E-state index in [0.717, 1.165) is 64.2 Å². The number of hydrogen-bond acceptors (Lipinski definition) is 10. The summed E-state index contributed by atoms with van der Waals surface area (Å²) in [5.41, 5.74) is 0. The average Bonchev–Trinajstić information content (AvgIpc) is 3.26. The number of rotatable bonds is 43. The molecule has 4 N–H and O–H groups in total. The summed E-state index contributed by atoms with van der Waals surface area (Å²) in [7, 11) is 0. The van der Waals surface area contributed by atoms with Crippen molar-refractivity contribution in [2.45, 2.75) is 269 Å². The molecule has 0 aliphatic carbocycles. The van der Waals surface area contributed by atoms with Crippen LogP contribution in [0.3, 0.4) is 0 Å². The fraction of sp³-hybridized carbons (Fsp3) is 0.863. The zero-order valence-corrected chi connectivity index (χ0v) is 39.4. The summed E-state index contributed by atoms with van der Waals surface area (Å²) in [4.78, 5) is 36.9. The smallest absolute Gasteiger partial charge is 0.335 e. The number of unbranched alkanes of at least 4 members (excludes halogenated alkanes) is 28. The molecule has 11 heteroatoms. The van der Waals surface area contributed by atoms with Gasteiger partial charge in [-0.2, -0.15) is 0 Å². The van der Waals surface area contributed by atoms with E-state index in [9.17, 15) is 34.8 Å². The maximum Gasteiger partial charge on any atom is 0.335 e. The molecule has 1 fully saturated rings. The van der Waals surface area contributed by atoms with Crippen molar-refractivity contribution in [1.82, 2.24) is 0 Å². The van der Waals surface area contributed by atoms with E-state index in [-0.39, 0.29) is 19.4 Å². The van der Waals surface area contributed by atoms with E-state index in [1.807, 2.05) is 0 Å². The van der Waals surface area contributed by atoms with Crippen LogP contribution in [0.1, 0.15) is 232 Å². The predicted molar refractivity (Wildman–Crippen MR) is 248 cm³/mol. The summed E-state index contributed by atoms with van der Waals surface area (Å²) in [5, 5.41) is 39.9. The molecule has 0 bridgehead atoms. The molecule has 0 amide bonds. The minimum absolute atomic E-state index is 0.185. The van der Waals surface area contributed by atoms with Gasteiger partial charge in [0, 0.05) is 12.8 Å². The molecule has 0 aromatic heterocycles. The number of carboxylic acid groups (broad SMARTS) is 1. The van der Waals surface area contributed by atoms with E-state index in [0.29, 0.717) is 12.8 Å². The SMILES string of the molecule is CCCC/C=C\C/C=C\CCCCCCCC(=O)OCC(COC1OC(C(=O)O)C(O)C(O)C1O)OC(=O)CCCCCCCCCCCCCCCCCCCCCCCC. The number of carbonyl (C=O) groups is 3. The Morgan fingerprint density at radius 2 is 0.919 bits per heavy atom. The second-order valence-electron chi connectivity index (χ2n) is 17.7. The van der Waals surface area contributed by atoms with Crippen LogP contribution in [-0.4, -0.2) is 88.4 Å². The van der Waals surface area contributed by atoms with E-state index in [2.05, 4.69) is 38.2 Å². The van der Waals surface area contributed by atoms with Gasteiger partial charge in [0.05, 0.1) is 6.61 Å². The Morgan fingerprint density at radius 3 is 1.39 bits per heavy atom. The maximum absolute atomic E-state index is 12.8. The average molecular weight is 881 g/mol. The van der Waals surface area contributed by atoms with Gasteiger partial charge in [-0.25, -0.2) is 4.79 Å². The largest absolute Gasteiger partial charge is 0.479 e. The number of allylic oxidation sites excluding steroid dienone is 4. The summed E-state index contributed by atoms with van der Waals surface area (Å²) in [6, 6.07) is 0. The Morgan fingerprint density at radius 1 is 0.500 bits per heavy atom. The highest BCUT2D eigenvalue weighted by molar-refractivity contribution is 5.73. The van der Waals surface area contributed by atoms with Crippen molar-refractivity contribution >= 4 is 17.9 Å². The lowest BCUT2D eigenvalue weighted by atomic mass is 9.99. The molecule has 1 aliphatic heterocycles. The maximum atomic E-state index is 12.8. The molecule has 0 radical (unpaired) electrons. The van der Waals surface area contributed by atoms with Gasteiger partial charge in [0.25, 0.3) is 0 Å². The Hall–Kier alpha value is -2.31. The Kier molecular flexibility index (Phi) is 38.5. The van der Waals surface area contributed by atoms with Gasteiger partial charge < -0.3 is 39.4 Å². The number of esters is 2. The van der Waals surface area contributed by atoms with Crippen LogP contribution < -0.4 is 0 Å². The van der Waals surface area contributed by atoms with E-state index < -0.39 is 61.3 Å². The highest BCUT2D eigenvalue weighted by atomic mass is 16.7. The minimum Gasteiger partial charge on any atom is -0.479 e. The van der Waals surface area contributed by atoms with Gasteiger partial charge in [-0.3, -0.25) is 9.59 Å². The van der Waals surface area contributed by atoms with Crippen LogP contribution in [0.5, 0.6) is 0 Å². The van der Waals surface area contributed by atoms with E-state index in [4.69, 9.17) is 18.9 Å². The molecule has 0 aromatic carbocycles. The number of carbonyl (C=O) groups excluding carboxylic acids is 2. The first kappa shape index (κ1) is 57.7. The number of aliphatic hydroxyl groups is 3. The topological polar surface area (TPSA) is 169 Å². The molecule has 1 saturated heterocycles. The van der Waals surface area contributed by atoms with Gasteiger partial charge in [0.2, 0.25) is 0 Å². The van der Waals surface area contributed by atoms with Gasteiger partial charge in [-0.15, -0.1) is 0 Å². The fourth-order valence-corrected chi connectivity index (χ4v) is 7.78. The van der Waals surface area contributed by atoms with Gasteiger partial charge in [-0.1, -0.05) is 205 Å². The fourth-order valence-electron chi connectivity index (χ4n) is 7.78. The van der Waals surface area contributed by atoms with Crippen molar-refractivity contribution in [2.24, 2.45) is 0 Å². The number of aliphatic hydroxyl groups excluding tert-OH is 3. The molecule has 0 spiro atoms. The highest BCUT2D eigenvalue weighted by Crippen LogP contribution is 2.23. The molecule has 0 saturated carbocycles. The second-order valence-corrected chi connectivity index (χ2v) is 17.7. The molecular formula is C51H92O11. The van der Waals surface area contributed by atoms with Crippen molar-refractivity contribution in [2.75, 3.05) is 13.2 Å². The van der Waals surface area contributed by atoms with Crippen LogP contribution in [0, 0.1) is 0 Å². The Balaban J connectivity index is 2.28. The van der Waals surface area contributed by atoms with Gasteiger partial charge in [0.1, 0.15) is 24.9 Å². The molecule has 1 rings (SSSR count). The molecule has 0 aromatic rings. The predicted octanol–water partition coefficient (Wildman–Crippen LogP) is 11.8. The third-order valence-corrected chi connectivity index (χ3v) is 11.8. The minimum atomic E-state index is -1.86. The molecular weight excluding hydrogens is 789 g/mol. The second kappa shape index (κ2) is 41.4. The van der Waals surface area contributed by atoms with E-state index in [1.165, 1.54) is 128 Å². The molecule has 1 aliphatic rings.